The van der Waals surface area contributed by atoms with E-state index in [4.69, 9.17) is 9.47 Å². The zero-order valence-electron chi connectivity index (χ0n) is 20.2. The summed E-state index contributed by atoms with van der Waals surface area (Å²) in [7, 11) is 1.66. The number of ether oxygens (including phenoxy) is 2. The lowest BCUT2D eigenvalue weighted by Crippen LogP contribution is -2.41. The number of hydrogen-bond donors (Lipinski definition) is 0. The van der Waals surface area contributed by atoms with Crippen molar-refractivity contribution in [1.82, 2.24) is 0 Å². The Morgan fingerprint density at radius 3 is 1.97 bits per heavy atom. The van der Waals surface area contributed by atoms with Crippen molar-refractivity contribution in [3.8, 4) is 11.1 Å². The molecule has 0 bridgehead atoms. The van der Waals surface area contributed by atoms with E-state index in [0.717, 1.165) is 35.1 Å². The van der Waals surface area contributed by atoms with Gasteiger partial charge in [-0.1, -0.05) is 114 Å². The third-order valence-electron chi connectivity index (χ3n) is 7.02. The fourth-order valence-electron chi connectivity index (χ4n) is 5.09. The highest BCUT2D eigenvalue weighted by Gasteiger charge is 2.50. The summed E-state index contributed by atoms with van der Waals surface area (Å²) in [6.45, 7) is 5.23. The molecular formula is C29H40O3. The van der Waals surface area contributed by atoms with E-state index < -0.39 is 5.41 Å². The predicted octanol–water partition coefficient (Wildman–Crippen LogP) is 7.31. The van der Waals surface area contributed by atoms with E-state index in [9.17, 15) is 4.79 Å². The number of carbonyl (C=O) groups is 1. The molecule has 1 unspecified atom stereocenters. The van der Waals surface area contributed by atoms with Gasteiger partial charge in [-0.25, -0.2) is 0 Å². The van der Waals surface area contributed by atoms with Crippen molar-refractivity contribution in [2.45, 2.75) is 77.0 Å². The predicted molar refractivity (Wildman–Crippen MR) is 132 cm³/mol. The van der Waals surface area contributed by atoms with Crippen molar-refractivity contribution in [2.75, 3.05) is 20.3 Å². The Morgan fingerprint density at radius 2 is 1.41 bits per heavy atom. The minimum atomic E-state index is -0.889. The lowest BCUT2D eigenvalue weighted by Gasteiger charge is -2.29. The smallest absolute Gasteiger partial charge is 0.323 e. The van der Waals surface area contributed by atoms with E-state index in [1.165, 1.54) is 44.9 Å². The van der Waals surface area contributed by atoms with Crippen LogP contribution in [0.3, 0.4) is 0 Å². The molecule has 2 aromatic rings. The summed E-state index contributed by atoms with van der Waals surface area (Å²) in [5.74, 6) is 0.232. The first-order valence-electron chi connectivity index (χ1n) is 12.5. The summed E-state index contributed by atoms with van der Waals surface area (Å²) >= 11 is 0. The van der Waals surface area contributed by atoms with Crippen molar-refractivity contribution in [3.05, 3.63) is 59.7 Å². The Labute approximate surface area is 194 Å². The van der Waals surface area contributed by atoms with Crippen LogP contribution in [0.1, 0.15) is 82.8 Å². The average Bonchev–Trinajstić information content (AvgIpc) is 3.11. The number of hydrogen-bond acceptors (Lipinski definition) is 3. The van der Waals surface area contributed by atoms with Gasteiger partial charge in [-0.05, 0) is 34.6 Å². The number of methoxy groups -OCH3 is 1. The quantitative estimate of drug-likeness (QED) is 0.230. The van der Waals surface area contributed by atoms with E-state index in [2.05, 4.69) is 26.0 Å². The highest BCUT2D eigenvalue weighted by atomic mass is 16.5. The van der Waals surface area contributed by atoms with E-state index >= 15 is 0 Å². The third-order valence-corrected chi connectivity index (χ3v) is 7.02. The van der Waals surface area contributed by atoms with Gasteiger partial charge in [0.25, 0.3) is 0 Å². The molecule has 3 rings (SSSR count). The molecule has 0 aliphatic heterocycles. The molecule has 32 heavy (non-hydrogen) atoms. The Balaban J connectivity index is 1.66. The number of esters is 1. The minimum absolute atomic E-state index is 0.185. The number of benzene rings is 2. The maximum Gasteiger partial charge on any atom is 0.323 e. The molecule has 3 nitrogen and oxygen atoms in total. The molecule has 1 aliphatic carbocycles. The maximum absolute atomic E-state index is 13.7. The van der Waals surface area contributed by atoms with Gasteiger partial charge in [0.15, 0.2) is 0 Å². The monoisotopic (exact) mass is 436 g/mol. The molecule has 0 aromatic heterocycles. The Bertz CT molecular complexity index is 811. The van der Waals surface area contributed by atoms with Gasteiger partial charge in [0.05, 0.1) is 13.2 Å². The molecule has 0 spiro atoms. The lowest BCUT2D eigenvalue weighted by atomic mass is 9.79. The van der Waals surface area contributed by atoms with Crippen LogP contribution in [0.2, 0.25) is 0 Å². The van der Waals surface area contributed by atoms with Crippen LogP contribution in [0, 0.1) is 5.92 Å². The fourth-order valence-corrected chi connectivity index (χ4v) is 5.09. The number of unbranched alkanes of at least 4 members (excludes halogenated alkanes) is 6. The molecule has 0 N–H and O–H groups in total. The van der Waals surface area contributed by atoms with Gasteiger partial charge in [-0.2, -0.15) is 0 Å². The number of fused-ring (bicyclic) bond motifs is 3. The van der Waals surface area contributed by atoms with Crippen LogP contribution in [0.4, 0.5) is 0 Å². The summed E-state index contributed by atoms with van der Waals surface area (Å²) in [6, 6.07) is 16.3. The number of carbonyl (C=O) groups excluding carboxylic acids is 1. The second-order valence-electron chi connectivity index (χ2n) is 9.21. The molecule has 0 saturated heterocycles. The van der Waals surface area contributed by atoms with Crippen LogP contribution in [0.15, 0.2) is 48.5 Å². The van der Waals surface area contributed by atoms with Crippen molar-refractivity contribution >= 4 is 5.97 Å². The molecule has 3 heteroatoms. The van der Waals surface area contributed by atoms with E-state index in [1.54, 1.807) is 7.11 Å². The fraction of sp³-hybridized carbons (Fsp3) is 0.552. The first-order valence-corrected chi connectivity index (χ1v) is 12.5. The Kier molecular flexibility index (Phi) is 9.35. The zero-order chi connectivity index (χ0) is 22.8. The minimum Gasteiger partial charge on any atom is -0.464 e. The van der Waals surface area contributed by atoms with Gasteiger partial charge in [0.2, 0.25) is 0 Å². The third kappa shape index (κ3) is 5.26. The molecule has 0 radical (unpaired) electrons. The van der Waals surface area contributed by atoms with Crippen molar-refractivity contribution < 1.29 is 14.3 Å². The Hall–Kier alpha value is -2.13. The molecule has 1 atom stereocenters. The summed E-state index contributed by atoms with van der Waals surface area (Å²) in [5, 5.41) is 0. The van der Waals surface area contributed by atoms with Gasteiger partial charge < -0.3 is 9.47 Å². The topological polar surface area (TPSA) is 35.5 Å². The average molecular weight is 437 g/mol. The van der Waals surface area contributed by atoms with Crippen LogP contribution in [-0.4, -0.2) is 26.3 Å². The molecule has 0 fully saturated rings. The highest BCUT2D eigenvalue weighted by Crippen LogP contribution is 2.49. The molecular weight excluding hydrogens is 396 g/mol. The van der Waals surface area contributed by atoms with Gasteiger partial charge >= 0.3 is 5.97 Å². The summed E-state index contributed by atoms with van der Waals surface area (Å²) in [4.78, 5) is 13.7. The summed E-state index contributed by atoms with van der Waals surface area (Å²) in [5.41, 5.74) is 3.31. The van der Waals surface area contributed by atoms with Gasteiger partial charge in [-0.3, -0.25) is 4.79 Å². The summed E-state index contributed by atoms with van der Waals surface area (Å²) < 4.78 is 11.7. The first kappa shape index (κ1) is 24.5. The lowest BCUT2D eigenvalue weighted by molar-refractivity contribution is -0.152. The van der Waals surface area contributed by atoms with E-state index in [1.807, 2.05) is 36.4 Å². The van der Waals surface area contributed by atoms with Crippen LogP contribution in [-0.2, 0) is 19.7 Å². The SMILES string of the molecule is CCCCCCCCCC(CC)COC(=O)C1(COC)c2ccccc2-c2ccccc21. The van der Waals surface area contributed by atoms with Crippen molar-refractivity contribution in [1.29, 1.82) is 0 Å². The van der Waals surface area contributed by atoms with Crippen LogP contribution in [0.5, 0.6) is 0 Å². The molecule has 0 amide bonds. The summed E-state index contributed by atoms with van der Waals surface area (Å²) in [6.07, 6.45) is 11.3. The molecule has 174 valence electrons. The van der Waals surface area contributed by atoms with Crippen LogP contribution in [0.25, 0.3) is 11.1 Å². The second-order valence-corrected chi connectivity index (χ2v) is 9.21. The normalized spacial score (nSPS) is 14.6. The standard InChI is InChI=1S/C29H40O3/c1-4-6-7-8-9-10-11-16-23(5-2)21-32-28(30)29(22-31-3)26-19-14-12-17-24(26)25-18-13-15-20-27(25)29/h12-15,17-20,23H,4-11,16,21-22H2,1-3H3. The molecule has 0 heterocycles. The van der Waals surface area contributed by atoms with E-state index in [0.29, 0.717) is 12.5 Å². The second kappa shape index (κ2) is 12.2. The maximum atomic E-state index is 13.7. The Morgan fingerprint density at radius 1 is 0.844 bits per heavy atom. The number of rotatable bonds is 14. The van der Waals surface area contributed by atoms with Crippen molar-refractivity contribution in [2.24, 2.45) is 5.92 Å². The highest BCUT2D eigenvalue weighted by molar-refractivity contribution is 5.98. The molecule has 0 saturated carbocycles. The van der Waals surface area contributed by atoms with Gasteiger partial charge in [0, 0.05) is 7.11 Å². The van der Waals surface area contributed by atoms with Crippen LogP contribution < -0.4 is 0 Å². The van der Waals surface area contributed by atoms with E-state index in [-0.39, 0.29) is 12.6 Å². The first-order chi connectivity index (χ1) is 15.7. The largest absolute Gasteiger partial charge is 0.464 e. The van der Waals surface area contributed by atoms with Gasteiger partial charge in [0.1, 0.15) is 5.41 Å². The van der Waals surface area contributed by atoms with Crippen LogP contribution >= 0.6 is 0 Å². The molecule has 2 aromatic carbocycles. The van der Waals surface area contributed by atoms with Crippen molar-refractivity contribution in [3.63, 3.8) is 0 Å². The zero-order valence-corrected chi connectivity index (χ0v) is 20.2. The molecule has 1 aliphatic rings. The van der Waals surface area contributed by atoms with Gasteiger partial charge in [-0.15, -0.1) is 0 Å².